The van der Waals surface area contributed by atoms with E-state index in [1.54, 1.807) is 17.0 Å². The zero-order valence-electron chi connectivity index (χ0n) is 14.8. The second-order valence-corrected chi connectivity index (χ2v) is 6.67. The lowest BCUT2D eigenvalue weighted by Crippen LogP contribution is -2.46. The molecule has 0 bridgehead atoms. The van der Waals surface area contributed by atoms with Crippen molar-refractivity contribution < 1.29 is 14.7 Å². The normalized spacial score (nSPS) is 19.8. The SMILES string of the molecule is CC(=O)Nc1cc(C(=O)N2CC[C@@H](O)[C@H](Cc3ccccc3)C2)ccn1. The number of piperidine rings is 1. The number of nitrogens with zero attached hydrogens (tertiary/aromatic N) is 2. The third-order valence-electron chi connectivity index (χ3n) is 4.63. The molecule has 0 aliphatic carbocycles. The van der Waals surface area contributed by atoms with Crippen molar-refractivity contribution in [3.8, 4) is 0 Å². The van der Waals surface area contributed by atoms with E-state index in [1.165, 1.54) is 13.1 Å². The maximum absolute atomic E-state index is 12.8. The molecule has 3 rings (SSSR count). The summed E-state index contributed by atoms with van der Waals surface area (Å²) in [6, 6.07) is 13.2. The van der Waals surface area contributed by atoms with Gasteiger partial charge in [-0.1, -0.05) is 30.3 Å². The van der Waals surface area contributed by atoms with E-state index in [9.17, 15) is 14.7 Å². The van der Waals surface area contributed by atoms with Gasteiger partial charge in [-0.25, -0.2) is 4.98 Å². The zero-order chi connectivity index (χ0) is 18.5. The summed E-state index contributed by atoms with van der Waals surface area (Å²) in [5.41, 5.74) is 1.64. The number of benzene rings is 1. The standard InChI is InChI=1S/C20H23N3O3/c1-14(24)22-19-12-16(7-9-21-19)20(26)23-10-8-18(25)17(13-23)11-15-5-3-2-4-6-15/h2-7,9,12,17-18,25H,8,10-11,13H2,1H3,(H,21,22,24)/t17-,18-/m1/s1. The van der Waals surface area contributed by atoms with Crippen LogP contribution in [0.3, 0.4) is 0 Å². The molecule has 2 N–H and O–H groups in total. The van der Waals surface area contributed by atoms with Gasteiger partial charge in [0.25, 0.3) is 5.91 Å². The van der Waals surface area contributed by atoms with Crippen LogP contribution in [0.15, 0.2) is 48.7 Å². The molecule has 2 heterocycles. The Labute approximate surface area is 152 Å². The quantitative estimate of drug-likeness (QED) is 0.882. The highest BCUT2D eigenvalue weighted by molar-refractivity contribution is 5.96. The Bertz CT molecular complexity index is 779. The molecule has 0 radical (unpaired) electrons. The third-order valence-corrected chi connectivity index (χ3v) is 4.63. The van der Waals surface area contributed by atoms with Crippen LogP contribution in [0.25, 0.3) is 0 Å². The molecule has 2 amide bonds. The number of pyridine rings is 1. The Morgan fingerprint density at radius 1 is 1.27 bits per heavy atom. The van der Waals surface area contributed by atoms with Gasteiger partial charge in [-0.2, -0.15) is 0 Å². The molecule has 6 heteroatoms. The van der Waals surface area contributed by atoms with Crippen molar-refractivity contribution in [1.82, 2.24) is 9.88 Å². The van der Waals surface area contributed by atoms with Crippen LogP contribution in [0.4, 0.5) is 5.82 Å². The van der Waals surface area contributed by atoms with Crippen molar-refractivity contribution in [1.29, 1.82) is 0 Å². The van der Waals surface area contributed by atoms with Crippen molar-refractivity contribution in [2.75, 3.05) is 18.4 Å². The molecule has 0 saturated carbocycles. The van der Waals surface area contributed by atoms with E-state index in [2.05, 4.69) is 10.3 Å². The molecule has 1 aliphatic heterocycles. The van der Waals surface area contributed by atoms with Gasteiger partial charge < -0.3 is 15.3 Å². The van der Waals surface area contributed by atoms with E-state index in [-0.39, 0.29) is 17.7 Å². The summed E-state index contributed by atoms with van der Waals surface area (Å²) < 4.78 is 0. The number of rotatable bonds is 4. The summed E-state index contributed by atoms with van der Waals surface area (Å²) in [7, 11) is 0. The number of amides is 2. The minimum atomic E-state index is -0.411. The van der Waals surface area contributed by atoms with E-state index in [4.69, 9.17) is 0 Å². The molecule has 1 fully saturated rings. The summed E-state index contributed by atoms with van der Waals surface area (Å²) in [5, 5.41) is 12.9. The maximum atomic E-state index is 12.8. The van der Waals surface area contributed by atoms with E-state index < -0.39 is 6.10 Å². The number of nitrogens with one attached hydrogen (secondary N) is 1. The van der Waals surface area contributed by atoms with E-state index in [0.717, 1.165) is 12.0 Å². The third kappa shape index (κ3) is 4.46. The lowest BCUT2D eigenvalue weighted by Gasteiger charge is -2.36. The fourth-order valence-corrected chi connectivity index (χ4v) is 3.32. The van der Waals surface area contributed by atoms with Gasteiger partial charge >= 0.3 is 0 Å². The molecule has 6 nitrogen and oxygen atoms in total. The van der Waals surface area contributed by atoms with E-state index in [0.29, 0.717) is 30.9 Å². The molecule has 1 aromatic heterocycles. The van der Waals surface area contributed by atoms with Gasteiger partial charge in [0.05, 0.1) is 6.10 Å². The van der Waals surface area contributed by atoms with Crippen LogP contribution in [0.1, 0.15) is 29.3 Å². The molecule has 1 aromatic carbocycles. The fourth-order valence-electron chi connectivity index (χ4n) is 3.32. The number of likely N-dealkylation sites (tertiary alicyclic amines) is 1. The molecule has 1 aliphatic rings. The summed E-state index contributed by atoms with van der Waals surface area (Å²) in [6.07, 6.45) is 2.40. The van der Waals surface area contributed by atoms with Crippen molar-refractivity contribution in [3.05, 3.63) is 59.8 Å². The first-order valence-corrected chi connectivity index (χ1v) is 8.78. The second-order valence-electron chi connectivity index (χ2n) is 6.67. The van der Waals surface area contributed by atoms with Crippen LogP contribution in [-0.2, 0) is 11.2 Å². The van der Waals surface area contributed by atoms with Gasteiger partial charge in [0.1, 0.15) is 5.82 Å². The van der Waals surface area contributed by atoms with Gasteiger partial charge in [-0.05, 0) is 30.5 Å². The number of hydrogen-bond donors (Lipinski definition) is 2. The topological polar surface area (TPSA) is 82.5 Å². The van der Waals surface area contributed by atoms with Crippen molar-refractivity contribution >= 4 is 17.6 Å². The van der Waals surface area contributed by atoms with E-state index >= 15 is 0 Å². The molecule has 26 heavy (non-hydrogen) atoms. The molecular formula is C20H23N3O3. The maximum Gasteiger partial charge on any atom is 0.254 e. The molecule has 1 saturated heterocycles. The number of aromatic nitrogens is 1. The van der Waals surface area contributed by atoms with Crippen LogP contribution in [0.2, 0.25) is 0 Å². The fraction of sp³-hybridized carbons (Fsp3) is 0.350. The molecule has 2 atom stereocenters. The van der Waals surface area contributed by atoms with Crippen LogP contribution in [0, 0.1) is 5.92 Å². The average Bonchev–Trinajstić information content (AvgIpc) is 2.63. The summed E-state index contributed by atoms with van der Waals surface area (Å²) in [4.78, 5) is 29.8. The molecule has 136 valence electrons. The summed E-state index contributed by atoms with van der Waals surface area (Å²) in [5.74, 6) is 0.0306. The van der Waals surface area contributed by atoms with Gasteiger partial charge in [-0.15, -0.1) is 0 Å². The van der Waals surface area contributed by atoms with Crippen LogP contribution >= 0.6 is 0 Å². The number of hydrogen-bond acceptors (Lipinski definition) is 4. The Morgan fingerprint density at radius 2 is 2.04 bits per heavy atom. The predicted octanol–water partition coefficient (Wildman–Crippen LogP) is 2.11. The molecule has 2 aromatic rings. The highest BCUT2D eigenvalue weighted by atomic mass is 16.3. The van der Waals surface area contributed by atoms with Gasteiger partial charge in [-0.3, -0.25) is 9.59 Å². The van der Waals surface area contributed by atoms with Gasteiger partial charge in [0.15, 0.2) is 0 Å². The Morgan fingerprint density at radius 3 is 2.77 bits per heavy atom. The highest BCUT2D eigenvalue weighted by Gasteiger charge is 2.30. The number of aliphatic hydroxyl groups excluding tert-OH is 1. The van der Waals surface area contributed by atoms with Gasteiger partial charge in [0.2, 0.25) is 5.91 Å². The second kappa shape index (κ2) is 8.10. The lowest BCUT2D eigenvalue weighted by molar-refractivity contribution is -0.114. The zero-order valence-corrected chi connectivity index (χ0v) is 14.8. The largest absolute Gasteiger partial charge is 0.393 e. The number of anilines is 1. The summed E-state index contributed by atoms with van der Waals surface area (Å²) in [6.45, 7) is 2.42. The number of carbonyl (C=O) groups is 2. The molecular weight excluding hydrogens is 330 g/mol. The highest BCUT2D eigenvalue weighted by Crippen LogP contribution is 2.23. The van der Waals surface area contributed by atoms with Crippen molar-refractivity contribution in [3.63, 3.8) is 0 Å². The lowest BCUT2D eigenvalue weighted by atomic mass is 9.88. The number of carbonyl (C=O) groups excluding carboxylic acids is 2. The average molecular weight is 353 g/mol. The smallest absolute Gasteiger partial charge is 0.254 e. The molecule has 0 unspecified atom stereocenters. The predicted molar refractivity (Wildman–Crippen MR) is 98.7 cm³/mol. The summed E-state index contributed by atoms with van der Waals surface area (Å²) >= 11 is 0. The molecule has 0 spiro atoms. The van der Waals surface area contributed by atoms with Crippen LogP contribution < -0.4 is 5.32 Å². The Balaban J connectivity index is 1.70. The first kappa shape index (κ1) is 18.1. The van der Waals surface area contributed by atoms with Crippen LogP contribution in [0.5, 0.6) is 0 Å². The Hall–Kier alpha value is -2.73. The monoisotopic (exact) mass is 353 g/mol. The Kier molecular flexibility index (Phi) is 5.63. The minimum absolute atomic E-state index is 0.00625. The van der Waals surface area contributed by atoms with Crippen molar-refractivity contribution in [2.45, 2.75) is 25.9 Å². The number of aliphatic hydroxyl groups is 1. The van der Waals surface area contributed by atoms with Gasteiger partial charge in [0, 0.05) is 37.7 Å². The first-order chi connectivity index (χ1) is 12.5. The van der Waals surface area contributed by atoms with Crippen LogP contribution in [-0.4, -0.2) is 46.0 Å². The van der Waals surface area contributed by atoms with E-state index in [1.807, 2.05) is 30.3 Å². The first-order valence-electron chi connectivity index (χ1n) is 8.78. The minimum Gasteiger partial charge on any atom is -0.393 e. The van der Waals surface area contributed by atoms with Crippen molar-refractivity contribution in [2.24, 2.45) is 5.92 Å².